The lowest BCUT2D eigenvalue weighted by Crippen LogP contribution is -2.39. The number of hydrogen-bond donors (Lipinski definition) is 7. The summed E-state index contributed by atoms with van der Waals surface area (Å²) >= 11 is 14.0. The molecule has 0 aromatic rings. The molecule has 0 spiro atoms. The molecule has 0 aromatic carbocycles. The highest BCUT2D eigenvalue weighted by Crippen LogP contribution is 2.27. The van der Waals surface area contributed by atoms with E-state index in [4.69, 9.17) is 35.7 Å². The van der Waals surface area contributed by atoms with E-state index in [0.29, 0.717) is 19.4 Å². The minimum atomic E-state index is -0.865. The van der Waals surface area contributed by atoms with Crippen LogP contribution in [0.25, 0.3) is 0 Å². The molecule has 7 fully saturated rings. The van der Waals surface area contributed by atoms with E-state index in [1.165, 1.54) is 277 Å². The number of hydrogen-bond acceptors (Lipinski definition) is 21. The zero-order valence-electron chi connectivity index (χ0n) is 86.8. The van der Waals surface area contributed by atoms with E-state index in [9.17, 15) is 38.4 Å². The molecular weight excluding hydrogens is 1840 g/mol. The highest BCUT2D eigenvalue weighted by molar-refractivity contribution is 8.00. The van der Waals surface area contributed by atoms with Crippen molar-refractivity contribution in [3.8, 4) is 0 Å². The van der Waals surface area contributed by atoms with E-state index in [2.05, 4.69) is 77.9 Å². The molecule has 0 aromatic heterocycles. The van der Waals surface area contributed by atoms with E-state index in [-0.39, 0.29) is 41.4 Å². The third kappa shape index (κ3) is 76.3. The van der Waals surface area contributed by atoms with Gasteiger partial charge < -0.3 is 70.0 Å². The Hall–Kier alpha value is -2.03. The number of piperidine rings is 6. The number of nitrogens with zero attached hydrogens (tertiary/aromatic N) is 7. The van der Waals surface area contributed by atoms with E-state index in [1.807, 2.05) is 82.3 Å². The SMILES string of the molecule is CCCCCCCCCCCCSCCN1CCCC(C(=O)O)C1.CCCCCCCCCSCCN1CCCC(C(=O)O)C1.CCCCCCCCSCCN1CCCC(C(=O)O)C1.CCCCCCCSCCN1C(=O)CCC1C(=O)O.CCCCCCSCCN1CCCC(C(=O)O)C1.CCCCCSCCN1CCCC(C(=O)O)C1.CCCCSCCN1CCCC(C(=O)O)C1. The summed E-state index contributed by atoms with van der Waals surface area (Å²) in [5.41, 5.74) is 0. The lowest BCUT2D eigenvalue weighted by atomic mass is 9.98. The van der Waals surface area contributed by atoms with Gasteiger partial charge >= 0.3 is 41.8 Å². The first kappa shape index (κ1) is 131. The number of rotatable bonds is 72. The summed E-state index contributed by atoms with van der Waals surface area (Å²) in [5, 5.41) is 63.2. The molecule has 7 saturated heterocycles. The number of carboxylic acid groups (broad SMARTS) is 7. The van der Waals surface area contributed by atoms with Gasteiger partial charge in [-0.05, 0) is 208 Å². The first-order valence-corrected chi connectivity index (χ1v) is 62.9. The average Bonchev–Trinajstić information content (AvgIpc) is 1.71. The van der Waals surface area contributed by atoms with Crippen LogP contribution in [0.2, 0.25) is 0 Å². The van der Waals surface area contributed by atoms with E-state index >= 15 is 0 Å². The quantitative estimate of drug-likeness (QED) is 0.0278. The van der Waals surface area contributed by atoms with Gasteiger partial charge in [0.15, 0.2) is 0 Å². The van der Waals surface area contributed by atoms with Gasteiger partial charge in [-0.2, -0.15) is 82.3 Å². The van der Waals surface area contributed by atoms with Gasteiger partial charge in [0, 0.05) is 132 Å². The predicted molar refractivity (Wildman–Crippen MR) is 585 cm³/mol. The minimum absolute atomic E-state index is 0.00375. The van der Waals surface area contributed by atoms with Gasteiger partial charge in [-0.1, -0.05) is 241 Å². The van der Waals surface area contributed by atoms with Crippen molar-refractivity contribution < 1.29 is 74.1 Å². The molecule has 0 aliphatic carbocycles. The van der Waals surface area contributed by atoms with Gasteiger partial charge in [-0.25, -0.2) is 4.79 Å². The first-order chi connectivity index (χ1) is 65.6. The summed E-state index contributed by atoms with van der Waals surface area (Å²) < 4.78 is 0. The first-order valence-electron chi connectivity index (χ1n) is 54.9. The van der Waals surface area contributed by atoms with Crippen LogP contribution in [0.3, 0.4) is 0 Å². The molecule has 7 N–H and O–H groups in total. The van der Waals surface area contributed by atoms with E-state index in [1.54, 1.807) is 0 Å². The van der Waals surface area contributed by atoms with E-state index < -0.39 is 47.8 Å². The topological polar surface area (TPSA) is 301 Å². The number of carbonyl (C=O) groups is 8. The summed E-state index contributed by atoms with van der Waals surface area (Å²) in [6.07, 6.45) is 62.3. The van der Waals surface area contributed by atoms with Crippen LogP contribution in [-0.2, 0) is 38.4 Å². The molecule has 22 nitrogen and oxygen atoms in total. The Morgan fingerprint density at radius 1 is 0.222 bits per heavy atom. The maximum atomic E-state index is 11.6. The van der Waals surface area contributed by atoms with E-state index in [0.717, 1.165) is 241 Å². The number of carboxylic acids is 7. The predicted octanol–water partition coefficient (Wildman–Crippen LogP) is 24.5. The normalized spacial score (nSPS) is 20.2. The van der Waals surface area contributed by atoms with Crippen LogP contribution >= 0.6 is 82.3 Å². The van der Waals surface area contributed by atoms with Crippen molar-refractivity contribution in [1.29, 1.82) is 0 Å². The van der Waals surface area contributed by atoms with Gasteiger partial charge in [-0.15, -0.1) is 0 Å². The second-order valence-electron chi connectivity index (χ2n) is 38.7. The molecule has 7 rings (SSSR count). The second kappa shape index (κ2) is 94.3. The minimum Gasteiger partial charge on any atom is -0.481 e. The average molecular weight is 2040 g/mol. The lowest BCUT2D eigenvalue weighted by molar-refractivity contribution is -0.146. The van der Waals surface area contributed by atoms with Gasteiger partial charge in [0.2, 0.25) is 5.91 Å². The maximum absolute atomic E-state index is 11.6. The fraction of sp³-hybridized carbons (Fsp3) is 0.925. The highest BCUT2D eigenvalue weighted by Gasteiger charge is 2.36. The number of amides is 1. The summed E-state index contributed by atoms with van der Waals surface area (Å²) in [6, 6.07) is -0.586. The lowest BCUT2D eigenvalue weighted by Gasteiger charge is -2.30. The third-order valence-corrected chi connectivity index (χ3v) is 34.1. The molecule has 7 aliphatic heterocycles. The second-order valence-corrected chi connectivity index (χ2v) is 47.3. The van der Waals surface area contributed by atoms with Crippen molar-refractivity contribution in [2.75, 3.05) is 205 Å². The molecule has 0 bridgehead atoms. The summed E-state index contributed by atoms with van der Waals surface area (Å²) in [5.74, 6) is 11.1. The van der Waals surface area contributed by atoms with Crippen molar-refractivity contribution in [1.82, 2.24) is 34.3 Å². The standard InChI is InChI=1S/C20H39NO2S.C17H33NO2S.C16H31NO2S.C14H25NO3S.C14H27NO2S.C13H25NO2S.C12H23NO2S/c1-2-3-4-5-6-7-8-9-10-11-16-24-17-15-21-14-12-13-19(18-21)20(22)23;1-2-3-4-5-6-7-8-13-21-14-12-18-11-9-10-16(15-18)17(19)20;1-2-3-4-5-6-7-12-20-13-11-17-10-8-9-15(14-17)16(18)19;1-2-3-4-5-6-10-19-11-9-15-12(14(17)18)7-8-13(15)16;1-2-3-4-5-10-18-11-9-15-8-6-7-13(12-15)14(16)17;1-2-3-4-9-17-10-8-14-7-5-6-12(11-14)13(15)16;1-2-3-8-16-9-7-13-6-4-5-11(10-13)12(14)15/h19H,2-18H2,1H3,(H,22,23);16H,2-15H2,1H3,(H,19,20);15H,2-14H2,1H3,(H,18,19);12H,2-11H2,1H3,(H,17,18);13H,2-12H2,1H3,(H,16,17);12H,2-11H2,1H3,(H,15,16);11H,2-10H2,1H3,(H,14,15). The van der Waals surface area contributed by atoms with Gasteiger partial charge in [-0.3, -0.25) is 33.6 Å². The maximum Gasteiger partial charge on any atom is 0.326 e. The zero-order chi connectivity index (χ0) is 99.0. The van der Waals surface area contributed by atoms with Gasteiger partial charge in [0.25, 0.3) is 0 Å². The van der Waals surface area contributed by atoms with Gasteiger partial charge in [0.1, 0.15) is 6.04 Å². The van der Waals surface area contributed by atoms with Crippen molar-refractivity contribution in [2.24, 2.45) is 35.5 Å². The van der Waals surface area contributed by atoms with Crippen LogP contribution in [-0.4, -0.2) is 329 Å². The van der Waals surface area contributed by atoms with Crippen LogP contribution in [0.4, 0.5) is 0 Å². The Balaban J connectivity index is 0.000000790. The molecule has 7 heterocycles. The van der Waals surface area contributed by atoms with Crippen molar-refractivity contribution in [2.45, 2.75) is 382 Å². The number of aliphatic carboxylic acids is 7. The van der Waals surface area contributed by atoms with Crippen molar-refractivity contribution in [3.05, 3.63) is 0 Å². The van der Waals surface area contributed by atoms with Gasteiger partial charge in [0.05, 0.1) is 35.5 Å². The smallest absolute Gasteiger partial charge is 0.326 e. The Morgan fingerprint density at radius 3 is 0.593 bits per heavy atom. The molecule has 7 atom stereocenters. The summed E-state index contributed by atoms with van der Waals surface area (Å²) in [6.45, 7) is 33.6. The third-order valence-electron chi connectivity index (χ3n) is 26.8. The van der Waals surface area contributed by atoms with Crippen LogP contribution in [0.5, 0.6) is 0 Å². The fourth-order valence-corrected chi connectivity index (χ4v) is 25.1. The number of unbranched alkanes of at least 4 members (excludes halogenated alkanes) is 30. The molecule has 135 heavy (non-hydrogen) atoms. The van der Waals surface area contributed by atoms with Crippen LogP contribution in [0.15, 0.2) is 0 Å². The van der Waals surface area contributed by atoms with Crippen LogP contribution in [0, 0.1) is 35.5 Å². The molecule has 7 aliphatic rings. The Kier molecular flexibility index (Phi) is 91.5. The Labute approximate surface area is 854 Å². The number of likely N-dealkylation sites (tertiary alicyclic amines) is 7. The van der Waals surface area contributed by atoms with Crippen LogP contribution < -0.4 is 0 Å². The summed E-state index contributed by atoms with van der Waals surface area (Å²) in [7, 11) is 0. The van der Waals surface area contributed by atoms with Crippen molar-refractivity contribution in [3.63, 3.8) is 0 Å². The number of carbonyl (C=O) groups excluding carboxylic acids is 1. The Morgan fingerprint density at radius 2 is 0.393 bits per heavy atom. The largest absolute Gasteiger partial charge is 0.481 e. The molecule has 0 saturated carbocycles. The number of thioether (sulfide) groups is 7. The zero-order valence-corrected chi connectivity index (χ0v) is 92.5. The highest BCUT2D eigenvalue weighted by atomic mass is 32.2. The molecule has 794 valence electrons. The molecule has 0 radical (unpaired) electrons. The summed E-state index contributed by atoms with van der Waals surface area (Å²) in [4.78, 5) is 104. The molecule has 7 unspecified atom stereocenters. The molecule has 29 heteroatoms. The molecule has 1 amide bonds. The van der Waals surface area contributed by atoms with Crippen LogP contribution in [0.1, 0.15) is 376 Å². The monoisotopic (exact) mass is 2040 g/mol. The van der Waals surface area contributed by atoms with Crippen molar-refractivity contribution >= 4 is 130 Å². The molecular formula is C106H203N7O15S7. The fourth-order valence-electron chi connectivity index (χ4n) is 18.0. The Bertz CT molecular complexity index is 2830.